The highest BCUT2D eigenvalue weighted by atomic mass is 16.6. The molecule has 0 unspecified atom stereocenters. The number of carbonyl (C=O) groups is 2. The van der Waals surface area contributed by atoms with E-state index in [9.17, 15) is 9.59 Å². The monoisotopic (exact) mass is 282 g/mol. The fourth-order valence-corrected chi connectivity index (χ4v) is 1.96. The van der Waals surface area contributed by atoms with Gasteiger partial charge in [-0.2, -0.15) is 0 Å². The molecule has 2 aromatic rings. The predicted molar refractivity (Wildman–Crippen MR) is 81.2 cm³/mol. The van der Waals surface area contributed by atoms with Crippen molar-refractivity contribution in [2.24, 2.45) is 0 Å². The summed E-state index contributed by atoms with van der Waals surface area (Å²) in [6.07, 6.45) is 3.25. The molecule has 0 atom stereocenters. The summed E-state index contributed by atoms with van der Waals surface area (Å²) in [5, 5.41) is 0. The van der Waals surface area contributed by atoms with Gasteiger partial charge in [-0.25, -0.2) is 9.59 Å². The largest absolute Gasteiger partial charge is 0.386 e. The van der Waals surface area contributed by atoms with E-state index in [1.807, 2.05) is 12.1 Å². The summed E-state index contributed by atoms with van der Waals surface area (Å²) in [6, 6.07) is 15.7. The van der Waals surface area contributed by atoms with Crippen LogP contribution < -0.4 is 0 Å². The lowest BCUT2D eigenvalue weighted by Gasteiger charge is -2.04. The predicted octanol–water partition coefficient (Wildman–Crippen LogP) is 4.03. The average Bonchev–Trinajstić information content (AvgIpc) is 2.54. The van der Waals surface area contributed by atoms with Gasteiger partial charge in [-0.1, -0.05) is 43.7 Å². The van der Waals surface area contributed by atoms with E-state index in [2.05, 4.69) is 6.92 Å². The molecule has 0 bridgehead atoms. The van der Waals surface area contributed by atoms with Crippen LogP contribution in [0.15, 0.2) is 54.6 Å². The van der Waals surface area contributed by atoms with Crippen molar-refractivity contribution >= 4 is 11.9 Å². The molecule has 0 aliphatic carbocycles. The molecular weight excluding hydrogens is 264 g/mol. The summed E-state index contributed by atoms with van der Waals surface area (Å²) in [7, 11) is 0. The van der Waals surface area contributed by atoms with Crippen molar-refractivity contribution in [3.63, 3.8) is 0 Å². The quantitative estimate of drug-likeness (QED) is 0.614. The first-order valence-corrected chi connectivity index (χ1v) is 7.11. The van der Waals surface area contributed by atoms with Crippen molar-refractivity contribution in [2.45, 2.75) is 26.2 Å². The van der Waals surface area contributed by atoms with Gasteiger partial charge >= 0.3 is 11.9 Å². The van der Waals surface area contributed by atoms with Gasteiger partial charge in [0.15, 0.2) is 0 Å². The summed E-state index contributed by atoms with van der Waals surface area (Å²) in [6.45, 7) is 2.14. The van der Waals surface area contributed by atoms with Crippen molar-refractivity contribution in [1.82, 2.24) is 0 Å². The standard InChI is InChI=1S/C18H18O3/c1-2-3-7-14-10-12-16(13-11-14)18(20)21-17(19)15-8-5-4-6-9-15/h4-6,8-13H,2-3,7H2,1H3. The molecule has 2 rings (SSSR count). The summed E-state index contributed by atoms with van der Waals surface area (Å²) in [4.78, 5) is 23.7. The third-order valence-corrected chi connectivity index (χ3v) is 3.20. The highest BCUT2D eigenvalue weighted by molar-refractivity contribution is 6.02. The first kappa shape index (κ1) is 15.0. The molecule has 0 aliphatic rings. The lowest BCUT2D eigenvalue weighted by molar-refractivity contribution is 0.0398. The summed E-state index contributed by atoms with van der Waals surface area (Å²) >= 11 is 0. The Labute approximate surface area is 124 Å². The fraction of sp³-hybridized carbons (Fsp3) is 0.222. The number of aryl methyl sites for hydroxylation is 1. The summed E-state index contributed by atoms with van der Waals surface area (Å²) < 4.78 is 4.87. The Bertz CT molecular complexity index is 600. The van der Waals surface area contributed by atoms with Crippen LogP contribution in [-0.2, 0) is 11.2 Å². The van der Waals surface area contributed by atoms with Crippen molar-refractivity contribution in [3.05, 3.63) is 71.3 Å². The van der Waals surface area contributed by atoms with Crippen LogP contribution >= 0.6 is 0 Å². The normalized spacial score (nSPS) is 10.1. The summed E-state index contributed by atoms with van der Waals surface area (Å²) in [5.74, 6) is -1.25. The van der Waals surface area contributed by atoms with Crippen LogP contribution in [0.25, 0.3) is 0 Å². The van der Waals surface area contributed by atoms with Gasteiger partial charge < -0.3 is 4.74 Å². The van der Waals surface area contributed by atoms with Crippen LogP contribution in [0.5, 0.6) is 0 Å². The second kappa shape index (κ2) is 7.39. The Morgan fingerprint density at radius 3 is 2.00 bits per heavy atom. The van der Waals surface area contributed by atoms with Crippen LogP contribution in [0.4, 0.5) is 0 Å². The van der Waals surface area contributed by atoms with Gasteiger partial charge in [-0.05, 0) is 42.7 Å². The topological polar surface area (TPSA) is 43.4 Å². The van der Waals surface area contributed by atoms with E-state index in [4.69, 9.17) is 4.74 Å². The molecule has 0 spiro atoms. The number of benzene rings is 2. The number of rotatable bonds is 5. The molecule has 0 amide bonds. The maximum Gasteiger partial charge on any atom is 0.346 e. The molecule has 0 N–H and O–H groups in total. The Morgan fingerprint density at radius 2 is 1.43 bits per heavy atom. The van der Waals surface area contributed by atoms with E-state index in [1.54, 1.807) is 42.5 Å². The lowest BCUT2D eigenvalue weighted by atomic mass is 10.1. The Morgan fingerprint density at radius 1 is 0.857 bits per heavy atom. The summed E-state index contributed by atoms with van der Waals surface area (Å²) in [5.41, 5.74) is 1.94. The highest BCUT2D eigenvalue weighted by Gasteiger charge is 2.14. The van der Waals surface area contributed by atoms with E-state index >= 15 is 0 Å². The number of ether oxygens (including phenoxy) is 1. The molecule has 21 heavy (non-hydrogen) atoms. The highest BCUT2D eigenvalue weighted by Crippen LogP contribution is 2.10. The molecule has 0 heterocycles. The molecule has 0 fully saturated rings. The fourth-order valence-electron chi connectivity index (χ4n) is 1.96. The second-order valence-corrected chi connectivity index (χ2v) is 4.84. The average molecular weight is 282 g/mol. The number of hydrogen-bond acceptors (Lipinski definition) is 3. The van der Waals surface area contributed by atoms with Gasteiger partial charge in [-0.3, -0.25) is 0 Å². The minimum Gasteiger partial charge on any atom is -0.386 e. The molecule has 0 aliphatic heterocycles. The molecule has 0 saturated heterocycles. The van der Waals surface area contributed by atoms with E-state index in [-0.39, 0.29) is 0 Å². The van der Waals surface area contributed by atoms with Gasteiger partial charge in [0, 0.05) is 0 Å². The molecule has 2 aromatic carbocycles. The van der Waals surface area contributed by atoms with E-state index in [0.29, 0.717) is 11.1 Å². The van der Waals surface area contributed by atoms with E-state index in [1.165, 1.54) is 5.56 Å². The molecule has 0 aromatic heterocycles. The first-order chi connectivity index (χ1) is 10.2. The second-order valence-electron chi connectivity index (χ2n) is 4.84. The zero-order valence-electron chi connectivity index (χ0n) is 12.0. The zero-order valence-corrected chi connectivity index (χ0v) is 12.0. The molecule has 0 saturated carbocycles. The van der Waals surface area contributed by atoms with Crippen LogP contribution in [0.1, 0.15) is 46.0 Å². The Kier molecular flexibility index (Phi) is 5.27. The van der Waals surface area contributed by atoms with Gasteiger partial charge in [-0.15, -0.1) is 0 Å². The van der Waals surface area contributed by atoms with E-state index < -0.39 is 11.9 Å². The maximum atomic E-state index is 11.9. The van der Waals surface area contributed by atoms with Crippen molar-refractivity contribution < 1.29 is 14.3 Å². The molecule has 0 radical (unpaired) electrons. The van der Waals surface area contributed by atoms with Gasteiger partial charge in [0.1, 0.15) is 0 Å². The van der Waals surface area contributed by atoms with E-state index in [0.717, 1.165) is 19.3 Å². The molecule has 3 nitrogen and oxygen atoms in total. The van der Waals surface area contributed by atoms with Crippen molar-refractivity contribution in [1.29, 1.82) is 0 Å². The third kappa shape index (κ3) is 4.28. The van der Waals surface area contributed by atoms with Crippen molar-refractivity contribution in [3.8, 4) is 0 Å². The zero-order chi connectivity index (χ0) is 15.1. The van der Waals surface area contributed by atoms with Crippen LogP contribution in [0.2, 0.25) is 0 Å². The maximum absolute atomic E-state index is 11.9. The minimum atomic E-state index is -0.629. The minimum absolute atomic E-state index is 0.366. The van der Waals surface area contributed by atoms with Crippen LogP contribution in [0.3, 0.4) is 0 Å². The number of esters is 2. The Balaban J connectivity index is 1.98. The Hall–Kier alpha value is -2.42. The number of hydrogen-bond donors (Lipinski definition) is 0. The van der Waals surface area contributed by atoms with Crippen molar-refractivity contribution in [2.75, 3.05) is 0 Å². The lowest BCUT2D eigenvalue weighted by Crippen LogP contribution is -2.12. The molecular formula is C18H18O3. The van der Waals surface area contributed by atoms with Gasteiger partial charge in [0.25, 0.3) is 0 Å². The molecule has 108 valence electrons. The van der Waals surface area contributed by atoms with Crippen LogP contribution in [0, 0.1) is 0 Å². The van der Waals surface area contributed by atoms with Gasteiger partial charge in [0.2, 0.25) is 0 Å². The third-order valence-electron chi connectivity index (χ3n) is 3.20. The smallest absolute Gasteiger partial charge is 0.346 e. The number of carbonyl (C=O) groups excluding carboxylic acids is 2. The van der Waals surface area contributed by atoms with Gasteiger partial charge in [0.05, 0.1) is 11.1 Å². The molecule has 3 heteroatoms. The van der Waals surface area contributed by atoms with Crippen LogP contribution in [-0.4, -0.2) is 11.9 Å². The number of unbranched alkanes of at least 4 members (excludes halogenated alkanes) is 1. The first-order valence-electron chi connectivity index (χ1n) is 7.11. The SMILES string of the molecule is CCCCc1ccc(C(=O)OC(=O)c2ccccc2)cc1.